The van der Waals surface area contributed by atoms with Crippen molar-refractivity contribution < 1.29 is 8.42 Å². The molecule has 4 nitrogen and oxygen atoms in total. The standard InChI is InChI=1S/C13H15BrN2O2S3/c14-9-5-11(20-8-9)6-16-21(17,18)13-3-4-19-12(13)7-15-10-1-2-10/h3-5,8,10,15-16H,1-2,6-7H2. The molecule has 0 saturated heterocycles. The molecule has 1 aliphatic carbocycles. The molecule has 0 aromatic carbocycles. The average Bonchev–Trinajstić information content (AvgIpc) is 2.97. The molecule has 1 saturated carbocycles. The Morgan fingerprint density at radius 1 is 1.29 bits per heavy atom. The Morgan fingerprint density at radius 3 is 2.76 bits per heavy atom. The summed E-state index contributed by atoms with van der Waals surface area (Å²) in [5.74, 6) is 0. The van der Waals surface area contributed by atoms with Gasteiger partial charge in [-0.15, -0.1) is 22.7 Å². The van der Waals surface area contributed by atoms with Crippen LogP contribution >= 0.6 is 38.6 Å². The van der Waals surface area contributed by atoms with Gasteiger partial charge in [0.15, 0.2) is 0 Å². The van der Waals surface area contributed by atoms with Gasteiger partial charge in [0, 0.05) is 38.7 Å². The van der Waals surface area contributed by atoms with Crippen LogP contribution in [0.25, 0.3) is 0 Å². The van der Waals surface area contributed by atoms with Gasteiger partial charge >= 0.3 is 0 Å². The highest BCUT2D eigenvalue weighted by Crippen LogP contribution is 2.25. The van der Waals surface area contributed by atoms with Crippen LogP contribution in [-0.4, -0.2) is 14.5 Å². The van der Waals surface area contributed by atoms with E-state index in [1.165, 1.54) is 35.5 Å². The highest BCUT2D eigenvalue weighted by atomic mass is 79.9. The number of hydrogen-bond donors (Lipinski definition) is 2. The lowest BCUT2D eigenvalue weighted by Gasteiger charge is -2.07. The summed E-state index contributed by atoms with van der Waals surface area (Å²) in [6.07, 6.45) is 2.39. The molecule has 2 N–H and O–H groups in total. The van der Waals surface area contributed by atoms with Crippen molar-refractivity contribution in [2.45, 2.75) is 36.9 Å². The highest BCUT2D eigenvalue weighted by Gasteiger charge is 2.23. The summed E-state index contributed by atoms with van der Waals surface area (Å²) in [7, 11) is -3.45. The Morgan fingerprint density at radius 2 is 2.10 bits per heavy atom. The number of halogens is 1. The number of hydrogen-bond acceptors (Lipinski definition) is 5. The SMILES string of the molecule is O=S(=O)(NCc1cc(Br)cs1)c1ccsc1CNC1CC1. The van der Waals surface area contributed by atoms with Gasteiger partial charge in [-0.1, -0.05) is 0 Å². The molecular formula is C13H15BrN2O2S3. The molecule has 2 aromatic rings. The van der Waals surface area contributed by atoms with E-state index in [-0.39, 0.29) is 0 Å². The maximum absolute atomic E-state index is 12.4. The average molecular weight is 407 g/mol. The maximum Gasteiger partial charge on any atom is 0.242 e. The second kappa shape index (κ2) is 6.47. The minimum atomic E-state index is -3.45. The topological polar surface area (TPSA) is 58.2 Å². The van der Waals surface area contributed by atoms with E-state index in [4.69, 9.17) is 0 Å². The Hall–Kier alpha value is -0.250. The lowest BCUT2D eigenvalue weighted by atomic mass is 10.4. The Balaban J connectivity index is 1.67. The minimum Gasteiger partial charge on any atom is -0.309 e. The summed E-state index contributed by atoms with van der Waals surface area (Å²) in [5.41, 5.74) is 0. The molecule has 1 fully saturated rings. The fraction of sp³-hybridized carbons (Fsp3) is 0.385. The van der Waals surface area contributed by atoms with Crippen molar-refractivity contribution in [2.75, 3.05) is 0 Å². The number of sulfonamides is 1. The van der Waals surface area contributed by atoms with E-state index >= 15 is 0 Å². The Labute approximate surface area is 140 Å². The van der Waals surface area contributed by atoms with Crippen LogP contribution in [0.15, 0.2) is 32.3 Å². The van der Waals surface area contributed by atoms with Gasteiger partial charge in [-0.25, -0.2) is 13.1 Å². The lowest BCUT2D eigenvalue weighted by molar-refractivity contribution is 0.579. The zero-order valence-electron chi connectivity index (χ0n) is 11.1. The van der Waals surface area contributed by atoms with Gasteiger partial charge in [0.05, 0.1) is 4.90 Å². The first kappa shape index (κ1) is 15.6. The number of nitrogens with one attached hydrogen (secondary N) is 2. The van der Waals surface area contributed by atoms with Crippen molar-refractivity contribution in [2.24, 2.45) is 0 Å². The van der Waals surface area contributed by atoms with Gasteiger partial charge in [0.25, 0.3) is 0 Å². The second-order valence-corrected chi connectivity index (χ2v) is 9.57. The molecule has 0 radical (unpaired) electrons. The van der Waals surface area contributed by atoms with Gasteiger partial charge in [0.1, 0.15) is 0 Å². The van der Waals surface area contributed by atoms with Crippen molar-refractivity contribution in [1.82, 2.24) is 10.0 Å². The monoisotopic (exact) mass is 406 g/mol. The summed E-state index contributed by atoms with van der Waals surface area (Å²) in [4.78, 5) is 2.26. The molecule has 2 heterocycles. The van der Waals surface area contributed by atoms with Gasteiger partial charge in [-0.05, 0) is 46.3 Å². The molecule has 0 bridgehead atoms. The molecule has 8 heteroatoms. The molecule has 114 valence electrons. The predicted octanol–water partition coefficient (Wildman–Crippen LogP) is 3.30. The van der Waals surface area contributed by atoms with Gasteiger partial charge < -0.3 is 5.32 Å². The largest absolute Gasteiger partial charge is 0.309 e. The molecule has 1 aliphatic rings. The number of thiophene rings is 2. The zero-order valence-corrected chi connectivity index (χ0v) is 15.2. The molecule has 0 spiro atoms. The predicted molar refractivity (Wildman–Crippen MR) is 90.2 cm³/mol. The Bertz CT molecular complexity index is 719. The first-order valence-corrected chi connectivity index (χ1v) is 10.6. The third-order valence-electron chi connectivity index (χ3n) is 3.18. The van der Waals surface area contributed by atoms with Crippen molar-refractivity contribution in [3.05, 3.63) is 37.1 Å². The second-order valence-electron chi connectivity index (χ2n) is 4.92. The van der Waals surface area contributed by atoms with Crippen molar-refractivity contribution in [3.63, 3.8) is 0 Å². The summed E-state index contributed by atoms with van der Waals surface area (Å²) in [5, 5.41) is 7.14. The van der Waals surface area contributed by atoms with E-state index in [1.54, 1.807) is 6.07 Å². The van der Waals surface area contributed by atoms with Crippen LogP contribution in [-0.2, 0) is 23.1 Å². The molecular weight excluding hydrogens is 392 g/mol. The van der Waals surface area contributed by atoms with E-state index < -0.39 is 10.0 Å². The normalized spacial score (nSPS) is 15.5. The Kier molecular flexibility index (Phi) is 4.82. The molecule has 0 atom stereocenters. The summed E-state index contributed by atoms with van der Waals surface area (Å²) >= 11 is 6.39. The third kappa shape index (κ3) is 4.14. The van der Waals surface area contributed by atoms with Crippen LogP contribution in [0.1, 0.15) is 22.6 Å². The first-order valence-electron chi connectivity index (χ1n) is 6.57. The van der Waals surface area contributed by atoms with Crippen LogP contribution in [0.4, 0.5) is 0 Å². The van der Waals surface area contributed by atoms with Gasteiger partial charge in [-0.3, -0.25) is 0 Å². The molecule has 0 aliphatic heterocycles. The lowest BCUT2D eigenvalue weighted by Crippen LogP contribution is -2.24. The van der Waals surface area contributed by atoms with E-state index in [0.29, 0.717) is 24.0 Å². The molecule has 2 aromatic heterocycles. The van der Waals surface area contributed by atoms with E-state index in [2.05, 4.69) is 26.0 Å². The van der Waals surface area contributed by atoms with Crippen LogP contribution in [0.5, 0.6) is 0 Å². The fourth-order valence-corrected chi connectivity index (χ4v) is 5.79. The van der Waals surface area contributed by atoms with Crippen molar-refractivity contribution in [1.29, 1.82) is 0 Å². The number of rotatable bonds is 7. The molecule has 21 heavy (non-hydrogen) atoms. The minimum absolute atomic E-state index is 0.323. The van der Waals surface area contributed by atoms with E-state index in [9.17, 15) is 8.42 Å². The van der Waals surface area contributed by atoms with Crippen molar-refractivity contribution >= 4 is 48.6 Å². The van der Waals surface area contributed by atoms with Crippen LogP contribution < -0.4 is 10.0 Å². The quantitative estimate of drug-likeness (QED) is 0.741. The van der Waals surface area contributed by atoms with Crippen LogP contribution in [0.2, 0.25) is 0 Å². The molecule has 0 unspecified atom stereocenters. The molecule has 3 rings (SSSR count). The maximum atomic E-state index is 12.4. The van der Waals surface area contributed by atoms with Crippen LogP contribution in [0.3, 0.4) is 0 Å². The smallest absolute Gasteiger partial charge is 0.242 e. The first-order chi connectivity index (χ1) is 10.0. The van der Waals surface area contributed by atoms with E-state index in [0.717, 1.165) is 14.2 Å². The highest BCUT2D eigenvalue weighted by molar-refractivity contribution is 9.10. The zero-order chi connectivity index (χ0) is 14.9. The fourth-order valence-electron chi connectivity index (χ4n) is 1.91. The third-order valence-corrected chi connectivity index (χ3v) is 7.41. The molecule has 0 amide bonds. The van der Waals surface area contributed by atoms with Crippen molar-refractivity contribution in [3.8, 4) is 0 Å². The summed E-state index contributed by atoms with van der Waals surface area (Å²) in [6.45, 7) is 0.951. The van der Waals surface area contributed by atoms with Crippen LogP contribution in [0, 0.1) is 0 Å². The van der Waals surface area contributed by atoms with Gasteiger partial charge in [-0.2, -0.15) is 0 Å². The summed E-state index contributed by atoms with van der Waals surface area (Å²) < 4.78 is 28.5. The van der Waals surface area contributed by atoms with E-state index in [1.807, 2.05) is 16.8 Å². The van der Waals surface area contributed by atoms with Gasteiger partial charge in [0.2, 0.25) is 10.0 Å². The summed E-state index contributed by atoms with van der Waals surface area (Å²) in [6, 6.07) is 4.18.